The third-order valence-corrected chi connectivity index (χ3v) is 0.333. The minimum Gasteiger partial charge on any atom is -0.553 e. The summed E-state index contributed by atoms with van der Waals surface area (Å²) in [6.07, 6.45) is 0.273. The molecular weight excluding hydrogens is 162 g/mol. The molecule has 6 heteroatoms. The van der Waals surface area contributed by atoms with E-state index in [9.17, 15) is 0 Å². The second kappa shape index (κ2) is 13.2. The summed E-state index contributed by atoms with van der Waals surface area (Å²) in [5.74, 6) is 0. The van der Waals surface area contributed by atoms with Gasteiger partial charge in [0.2, 0.25) is 0 Å². The van der Waals surface area contributed by atoms with Gasteiger partial charge in [0.25, 0.3) is 0 Å². The zero-order valence-corrected chi connectivity index (χ0v) is 9.73. The number of ether oxygens (including phenoxy) is 1. The second-order valence-electron chi connectivity index (χ2n) is 1.56. The molecule has 0 aromatic rings. The summed E-state index contributed by atoms with van der Waals surface area (Å²) in [5, 5.41) is 21.5. The second-order valence-corrected chi connectivity index (χ2v) is 1.56. The van der Waals surface area contributed by atoms with Gasteiger partial charge in [-0.1, -0.05) is 0 Å². The summed E-state index contributed by atoms with van der Waals surface area (Å²) in [4.78, 5) is 0. The first kappa shape index (κ1) is 17.6. The molecule has 0 heterocycles. The number of hydrogen-bond donors (Lipinski definition) is 3. The largest absolute Gasteiger partial charge is 1.00 e. The Morgan fingerprint density at radius 3 is 1.40 bits per heavy atom. The molecule has 0 aromatic carbocycles. The molecule has 0 aliphatic rings. The molecule has 56 valence electrons. The van der Waals surface area contributed by atoms with E-state index >= 15 is 0 Å². The van der Waals surface area contributed by atoms with Gasteiger partial charge in [0.15, 0.2) is 0 Å². The summed E-state index contributed by atoms with van der Waals surface area (Å²) in [7, 11) is 1.02. The van der Waals surface area contributed by atoms with E-state index < -0.39 is 7.32 Å². The van der Waals surface area contributed by atoms with Crippen molar-refractivity contribution >= 4 is 7.32 Å². The van der Waals surface area contributed by atoms with Crippen LogP contribution in [0.15, 0.2) is 0 Å². The van der Waals surface area contributed by atoms with Gasteiger partial charge in [0.1, 0.15) is 0 Å². The summed E-state index contributed by atoms with van der Waals surface area (Å²) in [6, 6.07) is 0. The van der Waals surface area contributed by atoms with Gasteiger partial charge in [-0.2, -0.15) is 0 Å². The van der Waals surface area contributed by atoms with E-state index in [1.165, 1.54) is 0 Å². The fourth-order valence-corrected chi connectivity index (χ4v) is 0. The van der Waals surface area contributed by atoms with Gasteiger partial charge < -0.3 is 19.8 Å². The van der Waals surface area contributed by atoms with Gasteiger partial charge in [-0.05, 0) is 13.8 Å². The van der Waals surface area contributed by atoms with Crippen LogP contribution in [-0.4, -0.2) is 28.5 Å². The topological polar surface area (TPSA) is 69.9 Å². The molecule has 0 aromatic heterocycles. The van der Waals surface area contributed by atoms with Crippen LogP contribution >= 0.6 is 0 Å². The van der Waals surface area contributed by atoms with Gasteiger partial charge in [0.05, 0.1) is 0 Å². The van der Waals surface area contributed by atoms with Gasteiger partial charge >= 0.3 is 58.7 Å². The summed E-state index contributed by atoms with van der Waals surface area (Å²) in [6.45, 7) is 3.88. The maximum absolute atomic E-state index is 7.17. The van der Waals surface area contributed by atoms with Gasteiger partial charge in [-0.25, -0.2) is 7.11 Å². The van der Waals surface area contributed by atoms with E-state index in [2.05, 4.69) is 11.8 Å². The van der Waals surface area contributed by atoms with Gasteiger partial charge in [-0.15, -0.1) is 0 Å². The third kappa shape index (κ3) is 55.5. The normalized spacial score (nSPS) is 7.50. The molecule has 0 aliphatic carbocycles. The zero-order valence-electron chi connectivity index (χ0n) is 6.61. The molecule has 0 rings (SSSR count). The van der Waals surface area contributed by atoms with Crippen molar-refractivity contribution in [1.82, 2.24) is 0 Å². The fourth-order valence-electron chi connectivity index (χ4n) is 0. The van der Waals surface area contributed by atoms with Crippen molar-refractivity contribution in [2.24, 2.45) is 0 Å². The Morgan fingerprint density at radius 2 is 1.40 bits per heavy atom. The van der Waals surface area contributed by atoms with E-state index in [0.29, 0.717) is 0 Å². The number of rotatable bonds is 1. The van der Waals surface area contributed by atoms with Crippen LogP contribution < -0.4 is 51.4 Å². The Labute approximate surface area is 104 Å². The van der Waals surface area contributed by atoms with Crippen molar-refractivity contribution in [3.8, 4) is 0 Å². The smallest absolute Gasteiger partial charge is 0.553 e. The first-order valence-electron chi connectivity index (χ1n) is 2.45. The van der Waals surface area contributed by atoms with Crippen LogP contribution in [0.1, 0.15) is 13.8 Å². The van der Waals surface area contributed by atoms with Crippen molar-refractivity contribution in [1.29, 1.82) is 0 Å². The summed E-state index contributed by atoms with van der Waals surface area (Å²) < 4.78 is 4.50. The van der Waals surface area contributed by atoms with Crippen LogP contribution in [0.5, 0.6) is 0 Å². The van der Waals surface area contributed by atoms with Gasteiger partial charge in [-0.3, -0.25) is 0 Å². The van der Waals surface area contributed by atoms with Gasteiger partial charge in [0, 0.05) is 6.10 Å². The molecule has 0 saturated heterocycles. The minimum atomic E-state index is -2.17. The standard InChI is InChI=1S/C4H9O.BH3O3.K/c1-4(2)5-3;2-1(3)4;/h4H,3H2,1-2H3;2-4H;/q-1;;+1. The summed E-state index contributed by atoms with van der Waals surface area (Å²) in [5.41, 5.74) is 0. The first-order valence-corrected chi connectivity index (χ1v) is 2.45. The monoisotopic (exact) mass is 174 g/mol. The molecule has 0 atom stereocenters. The molecule has 0 saturated carbocycles. The van der Waals surface area contributed by atoms with Crippen molar-refractivity contribution < 1.29 is 71.2 Å². The maximum Gasteiger partial charge on any atom is 1.00 e. The fraction of sp³-hybridized carbons (Fsp3) is 0.750. The van der Waals surface area contributed by atoms with E-state index in [1.807, 2.05) is 13.8 Å². The van der Waals surface area contributed by atoms with Crippen molar-refractivity contribution in [2.45, 2.75) is 20.0 Å². The Bertz CT molecular complexity index is 49.8. The molecule has 0 amide bonds. The SMILES string of the molecule is OB(O)O.[CH2-]OC(C)C.[K+]. The Morgan fingerprint density at radius 1 is 1.30 bits per heavy atom. The molecule has 0 fully saturated rings. The molecule has 4 nitrogen and oxygen atoms in total. The van der Waals surface area contributed by atoms with Crippen LogP contribution in [0.3, 0.4) is 0 Å². The molecule has 3 N–H and O–H groups in total. The molecule has 0 aliphatic heterocycles. The first-order chi connectivity index (χ1) is 4.00. The zero-order chi connectivity index (χ0) is 7.86. The quantitative estimate of drug-likeness (QED) is 0.281. The molecule has 10 heavy (non-hydrogen) atoms. The van der Waals surface area contributed by atoms with Crippen molar-refractivity contribution in [2.75, 3.05) is 0 Å². The maximum atomic E-state index is 7.17. The van der Waals surface area contributed by atoms with Crippen LogP contribution in [-0.2, 0) is 4.74 Å². The Hall–Kier alpha value is 1.54. The van der Waals surface area contributed by atoms with Crippen LogP contribution in [0.25, 0.3) is 0 Å². The molecular formula is C4H12BKO4. The minimum absolute atomic E-state index is 0. The molecule has 0 bridgehead atoms. The van der Waals surface area contributed by atoms with Crippen molar-refractivity contribution in [3.63, 3.8) is 0 Å². The Kier molecular flexibility index (Phi) is 23.1. The Balaban J connectivity index is -0.0000000910. The van der Waals surface area contributed by atoms with Crippen LogP contribution in [0.2, 0.25) is 0 Å². The van der Waals surface area contributed by atoms with E-state index in [-0.39, 0.29) is 57.5 Å². The third-order valence-electron chi connectivity index (χ3n) is 0.333. The van der Waals surface area contributed by atoms with E-state index in [0.717, 1.165) is 0 Å². The average molecular weight is 174 g/mol. The van der Waals surface area contributed by atoms with Crippen LogP contribution in [0.4, 0.5) is 0 Å². The van der Waals surface area contributed by atoms with E-state index in [4.69, 9.17) is 15.1 Å². The van der Waals surface area contributed by atoms with E-state index in [1.54, 1.807) is 0 Å². The average Bonchev–Trinajstić information content (AvgIpc) is 1.65. The van der Waals surface area contributed by atoms with Crippen LogP contribution in [0, 0.1) is 7.11 Å². The summed E-state index contributed by atoms with van der Waals surface area (Å²) >= 11 is 0. The molecule has 0 unspecified atom stereocenters. The van der Waals surface area contributed by atoms with Crippen molar-refractivity contribution in [3.05, 3.63) is 7.11 Å². The molecule has 0 radical (unpaired) electrons. The molecule has 0 spiro atoms. The number of hydrogen-bond acceptors (Lipinski definition) is 4. The predicted octanol–water partition coefficient (Wildman–Crippen LogP) is -3.84. The predicted molar refractivity (Wildman–Crippen MR) is 34.0 cm³/mol.